The van der Waals surface area contributed by atoms with Crippen molar-refractivity contribution in [2.24, 2.45) is 0 Å². The van der Waals surface area contributed by atoms with Crippen molar-refractivity contribution >= 4 is 11.9 Å². The second kappa shape index (κ2) is 72.3. The Kier molecular flexibility index (Phi) is 68.0. The molecule has 0 spiro atoms. The van der Waals surface area contributed by atoms with Crippen LogP contribution in [0.2, 0.25) is 0 Å². The molecule has 1 N–H and O–H groups in total. The van der Waals surface area contributed by atoms with Gasteiger partial charge >= 0.3 is 11.9 Å². The Hall–Kier alpha value is -5.00. The summed E-state index contributed by atoms with van der Waals surface area (Å²) in [5, 5.41) is 9.70. The predicted molar refractivity (Wildman–Crippen MR) is 370 cm³/mol. The normalized spacial score (nSPS) is 13.4. The number of allylic oxidation sites excluding steroid dienone is 30. The topological polar surface area (TPSA) is 72.8 Å². The lowest BCUT2D eigenvalue weighted by Crippen LogP contribution is -2.28. The molecule has 1 unspecified atom stereocenters. The lowest BCUT2D eigenvalue weighted by atomic mass is 10.0. The van der Waals surface area contributed by atoms with Crippen molar-refractivity contribution in [1.29, 1.82) is 0 Å². The van der Waals surface area contributed by atoms with Crippen molar-refractivity contribution in [3.8, 4) is 0 Å². The highest BCUT2D eigenvalue weighted by Crippen LogP contribution is 2.16. The summed E-state index contributed by atoms with van der Waals surface area (Å²) >= 11 is 0. The summed E-state index contributed by atoms with van der Waals surface area (Å²) in [4.78, 5) is 24.7. The van der Waals surface area contributed by atoms with Gasteiger partial charge in [-0.05, 0) is 135 Å². The van der Waals surface area contributed by atoms with E-state index in [4.69, 9.17) is 9.47 Å². The van der Waals surface area contributed by atoms with Crippen LogP contribution in [0.5, 0.6) is 0 Å². The van der Waals surface area contributed by atoms with Crippen LogP contribution in [-0.4, -0.2) is 36.4 Å². The number of hydrogen-bond donors (Lipinski definition) is 1. The van der Waals surface area contributed by atoms with Crippen molar-refractivity contribution in [3.05, 3.63) is 182 Å². The third-order valence-corrected chi connectivity index (χ3v) is 14.2. The minimum atomic E-state index is -0.789. The van der Waals surface area contributed by atoms with E-state index in [0.29, 0.717) is 12.8 Å². The fraction of sp³-hybridized carbons (Fsp3) is 0.595. The molecule has 5 nitrogen and oxygen atoms in total. The summed E-state index contributed by atoms with van der Waals surface area (Å²) in [7, 11) is 0. The van der Waals surface area contributed by atoms with E-state index in [0.717, 1.165) is 135 Å². The van der Waals surface area contributed by atoms with Gasteiger partial charge in [0.2, 0.25) is 0 Å². The van der Waals surface area contributed by atoms with Gasteiger partial charge in [-0.2, -0.15) is 0 Å². The molecule has 0 aromatic carbocycles. The number of aliphatic hydroxyl groups is 1. The molecule has 0 aliphatic carbocycles. The number of aliphatic hydroxyl groups excluding tert-OH is 1. The van der Waals surface area contributed by atoms with Crippen molar-refractivity contribution in [1.82, 2.24) is 0 Å². The van der Waals surface area contributed by atoms with Crippen molar-refractivity contribution < 1.29 is 24.2 Å². The molecule has 0 aromatic rings. The van der Waals surface area contributed by atoms with Crippen LogP contribution in [-0.2, 0) is 19.1 Å². The van der Waals surface area contributed by atoms with E-state index in [9.17, 15) is 14.7 Å². The van der Waals surface area contributed by atoms with Gasteiger partial charge in [-0.1, -0.05) is 318 Å². The van der Waals surface area contributed by atoms with Crippen molar-refractivity contribution in [3.63, 3.8) is 0 Å². The SMILES string of the molecule is CC/C=C\C/C=C\C/C=C\C/C=C\C/C=C\C/C=C\C/C=C\C/C=C\CCCCCCCCCCCCC(=O)OC(CO)COC(=O)CCCCCCCCCCCCCCC/C=C\C/C=C\C/C=C\C/C=C\C/C=C\C/C=C\C/C=C\CC. The van der Waals surface area contributed by atoms with Crippen LogP contribution < -0.4 is 0 Å². The minimum Gasteiger partial charge on any atom is -0.462 e. The van der Waals surface area contributed by atoms with Gasteiger partial charge in [0.05, 0.1) is 6.61 Å². The predicted octanol–water partition coefficient (Wildman–Crippen LogP) is 24.2. The highest BCUT2D eigenvalue weighted by molar-refractivity contribution is 5.70. The molecular weight excluding hydrogens is 1030 g/mol. The number of ether oxygens (including phenoxy) is 2. The largest absolute Gasteiger partial charge is 0.462 e. The third-order valence-electron chi connectivity index (χ3n) is 14.2. The van der Waals surface area contributed by atoms with Crippen molar-refractivity contribution in [2.45, 2.75) is 290 Å². The van der Waals surface area contributed by atoms with Crippen LogP contribution in [0.25, 0.3) is 0 Å². The fourth-order valence-corrected chi connectivity index (χ4v) is 9.14. The molecule has 1 atom stereocenters. The molecule has 0 aromatic heterocycles. The minimum absolute atomic E-state index is 0.0775. The molecule has 0 saturated carbocycles. The van der Waals surface area contributed by atoms with E-state index in [1.165, 1.54) is 122 Å². The van der Waals surface area contributed by atoms with E-state index in [-0.39, 0.29) is 25.2 Å². The van der Waals surface area contributed by atoms with Crippen LogP contribution >= 0.6 is 0 Å². The maximum absolute atomic E-state index is 12.4. The lowest BCUT2D eigenvalue weighted by Gasteiger charge is -2.15. The van der Waals surface area contributed by atoms with Gasteiger partial charge in [0.25, 0.3) is 0 Å². The van der Waals surface area contributed by atoms with Gasteiger partial charge in [-0.25, -0.2) is 0 Å². The molecule has 0 amide bonds. The van der Waals surface area contributed by atoms with Gasteiger partial charge < -0.3 is 14.6 Å². The Bertz CT molecular complexity index is 1890. The number of carbonyl (C=O) groups excluding carboxylic acids is 2. The number of rotatable bonds is 61. The molecule has 84 heavy (non-hydrogen) atoms. The highest BCUT2D eigenvalue weighted by atomic mass is 16.6. The van der Waals surface area contributed by atoms with Gasteiger partial charge in [0.15, 0.2) is 6.10 Å². The van der Waals surface area contributed by atoms with Gasteiger partial charge in [0.1, 0.15) is 6.61 Å². The highest BCUT2D eigenvalue weighted by Gasteiger charge is 2.16. The zero-order valence-corrected chi connectivity index (χ0v) is 54.1. The third kappa shape index (κ3) is 69.5. The standard InChI is InChI=1S/C79H126O5/c1-3-5-7-9-11-13-15-17-19-21-23-25-27-29-31-33-35-37-39-41-43-45-47-49-51-53-55-57-59-61-63-65-67-69-71-73-78(81)83-76-77(75-80)84-79(82)74-72-70-68-66-64-62-60-58-56-54-52-50-48-46-44-42-40-38-36-34-32-30-28-26-24-22-20-18-16-14-12-10-8-6-4-2/h5-8,11-14,17-20,23-26,29-32,35-38,41-44,48,50,77,80H,3-4,9-10,15-16,21-22,27-28,33-34,39-40,45-47,49,51-76H2,1-2H3/b7-5-,8-6-,13-11-,14-12-,19-17-,20-18-,25-23-,26-24-,31-29-,32-30-,37-35-,38-36-,43-41-,44-42-,50-48-. The van der Waals surface area contributed by atoms with Gasteiger partial charge in [0, 0.05) is 12.8 Å². The Morgan fingerprint density at radius 1 is 0.274 bits per heavy atom. The first-order valence-electron chi connectivity index (χ1n) is 34.3. The monoisotopic (exact) mass is 1150 g/mol. The Morgan fingerprint density at radius 2 is 0.476 bits per heavy atom. The van der Waals surface area contributed by atoms with E-state index < -0.39 is 6.10 Å². The van der Waals surface area contributed by atoms with Crippen LogP contribution in [0.15, 0.2) is 182 Å². The zero-order chi connectivity index (χ0) is 60.5. The molecule has 0 heterocycles. The van der Waals surface area contributed by atoms with E-state index >= 15 is 0 Å². The Balaban J connectivity index is 3.56. The van der Waals surface area contributed by atoms with Crippen LogP contribution in [0.3, 0.4) is 0 Å². The maximum atomic E-state index is 12.4. The van der Waals surface area contributed by atoms with E-state index in [2.05, 4.69) is 196 Å². The average Bonchev–Trinajstić information content (AvgIpc) is 3.51. The first-order valence-corrected chi connectivity index (χ1v) is 34.3. The van der Waals surface area contributed by atoms with E-state index in [1.54, 1.807) is 0 Å². The fourth-order valence-electron chi connectivity index (χ4n) is 9.14. The first-order chi connectivity index (χ1) is 41.6. The number of hydrogen-bond acceptors (Lipinski definition) is 5. The molecule has 0 saturated heterocycles. The van der Waals surface area contributed by atoms with E-state index in [1.807, 2.05) is 0 Å². The summed E-state index contributed by atoms with van der Waals surface area (Å²) in [6.45, 7) is 3.91. The summed E-state index contributed by atoms with van der Waals surface area (Å²) in [5.74, 6) is -0.602. The summed E-state index contributed by atoms with van der Waals surface area (Å²) in [5.41, 5.74) is 0. The van der Waals surface area contributed by atoms with Crippen molar-refractivity contribution in [2.75, 3.05) is 13.2 Å². The van der Waals surface area contributed by atoms with Crippen LogP contribution in [0, 0.1) is 0 Å². The molecule has 0 aliphatic rings. The molecule has 0 aliphatic heterocycles. The Morgan fingerprint density at radius 3 is 0.714 bits per heavy atom. The summed E-state index contributed by atoms with van der Waals surface area (Å²) in [6, 6.07) is 0. The smallest absolute Gasteiger partial charge is 0.306 e. The molecule has 0 bridgehead atoms. The summed E-state index contributed by atoms with van der Waals surface area (Å²) in [6.07, 6.45) is 113. The molecule has 0 radical (unpaired) electrons. The van der Waals surface area contributed by atoms with Gasteiger partial charge in [-0.3, -0.25) is 9.59 Å². The second-order valence-electron chi connectivity index (χ2n) is 22.1. The number of esters is 2. The molecule has 0 rings (SSSR count). The zero-order valence-electron chi connectivity index (χ0n) is 54.1. The number of unbranched alkanes of at least 4 members (excludes halogenated alkanes) is 23. The lowest BCUT2D eigenvalue weighted by molar-refractivity contribution is -0.161. The Labute approximate surface area is 518 Å². The average molecular weight is 1160 g/mol. The molecule has 5 heteroatoms. The quantitative estimate of drug-likeness (QED) is 0.0373. The maximum Gasteiger partial charge on any atom is 0.306 e. The number of carbonyl (C=O) groups is 2. The van der Waals surface area contributed by atoms with Crippen LogP contribution in [0.4, 0.5) is 0 Å². The van der Waals surface area contributed by atoms with Crippen LogP contribution in [0.1, 0.15) is 284 Å². The molecule has 0 fully saturated rings. The molecule has 472 valence electrons. The van der Waals surface area contributed by atoms with Gasteiger partial charge in [-0.15, -0.1) is 0 Å². The summed E-state index contributed by atoms with van der Waals surface area (Å²) < 4.78 is 10.7. The second-order valence-corrected chi connectivity index (χ2v) is 22.1. The first kappa shape index (κ1) is 79.0. The molecular formula is C79H126O5.